The molecule has 0 aromatic heterocycles. The Labute approximate surface area is 113 Å². The zero-order valence-electron chi connectivity index (χ0n) is 10.5. The molecule has 1 N–H and O–H groups in total. The third-order valence-electron chi connectivity index (χ3n) is 2.78. The molecule has 0 bridgehead atoms. The van der Waals surface area contributed by atoms with Crippen molar-refractivity contribution in [2.75, 3.05) is 18.8 Å². The third-order valence-corrected chi connectivity index (χ3v) is 4.99. The van der Waals surface area contributed by atoms with E-state index in [4.69, 9.17) is 11.6 Å². The van der Waals surface area contributed by atoms with Crippen LogP contribution in [0.2, 0.25) is 0 Å². The Morgan fingerprint density at radius 2 is 2.22 bits per heavy atom. The fourth-order valence-electron chi connectivity index (χ4n) is 2.01. The van der Waals surface area contributed by atoms with Crippen molar-refractivity contribution in [2.45, 2.75) is 32.2 Å². The second kappa shape index (κ2) is 6.54. The molecule has 1 atom stereocenters. The second-order valence-electron chi connectivity index (χ2n) is 4.32. The Balaban J connectivity index is 2.70. The van der Waals surface area contributed by atoms with Crippen LogP contribution in [-0.2, 0) is 14.8 Å². The van der Waals surface area contributed by atoms with E-state index in [-0.39, 0.29) is 18.2 Å². The quantitative estimate of drug-likeness (QED) is 0.796. The van der Waals surface area contributed by atoms with Gasteiger partial charge in [0.15, 0.2) is 0 Å². The highest BCUT2D eigenvalue weighted by Gasteiger charge is 2.37. The lowest BCUT2D eigenvalue weighted by Gasteiger charge is -2.23. The van der Waals surface area contributed by atoms with Gasteiger partial charge >= 0.3 is 0 Å². The van der Waals surface area contributed by atoms with Crippen LogP contribution in [0.25, 0.3) is 0 Å². The number of hydrogen-bond acceptors (Lipinski definition) is 3. The Bertz CT molecular complexity index is 422. The van der Waals surface area contributed by atoms with Crippen LogP contribution in [-0.4, -0.2) is 43.5 Å². The van der Waals surface area contributed by atoms with E-state index in [1.165, 1.54) is 4.31 Å². The third kappa shape index (κ3) is 3.96. The minimum atomic E-state index is -3.33. The van der Waals surface area contributed by atoms with Crippen molar-refractivity contribution in [3.05, 3.63) is 11.6 Å². The molecule has 104 valence electrons. The number of sulfonamides is 1. The van der Waals surface area contributed by atoms with E-state index in [9.17, 15) is 13.2 Å². The van der Waals surface area contributed by atoms with Crippen molar-refractivity contribution in [2.24, 2.45) is 0 Å². The lowest BCUT2D eigenvalue weighted by atomic mass is 10.2. The monoisotopic (exact) mass is 294 g/mol. The van der Waals surface area contributed by atoms with Crippen molar-refractivity contribution >= 4 is 27.5 Å². The van der Waals surface area contributed by atoms with Crippen molar-refractivity contribution in [3.8, 4) is 0 Å². The summed E-state index contributed by atoms with van der Waals surface area (Å²) in [4.78, 5) is 11.9. The summed E-state index contributed by atoms with van der Waals surface area (Å²) in [5.41, 5.74) is 0. The molecule has 7 heteroatoms. The van der Waals surface area contributed by atoms with Gasteiger partial charge in [0.2, 0.25) is 15.9 Å². The number of amides is 1. The van der Waals surface area contributed by atoms with Crippen molar-refractivity contribution in [3.63, 3.8) is 0 Å². The summed E-state index contributed by atoms with van der Waals surface area (Å²) in [5, 5.41) is 2.92. The van der Waals surface area contributed by atoms with E-state index in [1.807, 2.05) is 0 Å². The molecule has 1 amide bonds. The SMILES string of the molecule is C=C(Cl)CNC(=O)C1CCCN1S(=O)(=O)CCC. The Morgan fingerprint density at radius 3 is 2.78 bits per heavy atom. The molecule has 0 aromatic carbocycles. The maximum atomic E-state index is 12.0. The van der Waals surface area contributed by atoms with E-state index < -0.39 is 16.1 Å². The lowest BCUT2D eigenvalue weighted by Crippen LogP contribution is -2.46. The van der Waals surface area contributed by atoms with E-state index in [1.54, 1.807) is 6.92 Å². The first-order valence-electron chi connectivity index (χ1n) is 5.99. The summed E-state index contributed by atoms with van der Waals surface area (Å²) in [5.74, 6) is -0.215. The lowest BCUT2D eigenvalue weighted by molar-refractivity contribution is -0.124. The van der Waals surface area contributed by atoms with Crippen molar-refractivity contribution < 1.29 is 13.2 Å². The molecule has 1 rings (SSSR count). The molecular formula is C11H19ClN2O3S. The van der Waals surface area contributed by atoms with Gasteiger partial charge < -0.3 is 5.32 Å². The van der Waals surface area contributed by atoms with E-state index in [0.717, 1.165) is 0 Å². The van der Waals surface area contributed by atoms with Crippen LogP contribution >= 0.6 is 11.6 Å². The van der Waals surface area contributed by atoms with Gasteiger partial charge in [0.25, 0.3) is 0 Å². The minimum Gasteiger partial charge on any atom is -0.350 e. The largest absolute Gasteiger partial charge is 0.350 e. The first-order chi connectivity index (χ1) is 8.38. The Morgan fingerprint density at radius 1 is 1.56 bits per heavy atom. The number of hydrogen-bond donors (Lipinski definition) is 1. The molecular weight excluding hydrogens is 276 g/mol. The summed E-state index contributed by atoms with van der Waals surface area (Å²) in [6.45, 7) is 5.86. The van der Waals surface area contributed by atoms with Crippen LogP contribution in [0, 0.1) is 0 Å². The predicted octanol–water partition coefficient (Wildman–Crippen LogP) is 1.06. The number of halogens is 1. The van der Waals surface area contributed by atoms with Gasteiger partial charge in [-0.05, 0) is 19.3 Å². The van der Waals surface area contributed by atoms with Gasteiger partial charge in [-0.25, -0.2) is 8.42 Å². The molecule has 1 unspecified atom stereocenters. The molecule has 0 radical (unpaired) electrons. The molecule has 1 heterocycles. The minimum absolute atomic E-state index is 0.0823. The van der Waals surface area contributed by atoms with Crippen LogP contribution < -0.4 is 5.32 Å². The molecule has 0 saturated carbocycles. The summed E-state index contributed by atoms with van der Waals surface area (Å²) in [6, 6.07) is -0.599. The molecule has 1 fully saturated rings. The standard InChI is InChI=1S/C11H19ClN2O3S/c1-3-7-18(16,17)14-6-4-5-10(14)11(15)13-8-9(2)12/h10H,2-8H2,1H3,(H,13,15). The van der Waals surface area contributed by atoms with E-state index in [0.29, 0.717) is 30.8 Å². The smallest absolute Gasteiger partial charge is 0.238 e. The molecule has 5 nitrogen and oxygen atoms in total. The molecule has 0 aromatic rings. The van der Waals surface area contributed by atoms with Gasteiger partial charge in [0.1, 0.15) is 6.04 Å². The Kier molecular flexibility index (Phi) is 5.62. The normalized spacial score (nSPS) is 20.9. The second-order valence-corrected chi connectivity index (χ2v) is 6.90. The van der Waals surface area contributed by atoms with Crippen molar-refractivity contribution in [1.29, 1.82) is 0 Å². The number of nitrogens with one attached hydrogen (secondary N) is 1. The van der Waals surface area contributed by atoms with Crippen LogP contribution in [0.15, 0.2) is 11.6 Å². The van der Waals surface area contributed by atoms with Gasteiger partial charge in [-0.15, -0.1) is 0 Å². The number of carbonyl (C=O) groups is 1. The average Bonchev–Trinajstić information content (AvgIpc) is 2.75. The molecule has 1 aliphatic heterocycles. The molecule has 1 aliphatic rings. The van der Waals surface area contributed by atoms with Gasteiger partial charge in [-0.3, -0.25) is 4.79 Å². The fourth-order valence-corrected chi connectivity index (χ4v) is 3.82. The topological polar surface area (TPSA) is 66.5 Å². The average molecular weight is 295 g/mol. The van der Waals surface area contributed by atoms with Gasteiger partial charge in [-0.1, -0.05) is 25.1 Å². The van der Waals surface area contributed by atoms with Gasteiger partial charge in [0, 0.05) is 11.6 Å². The number of nitrogens with zero attached hydrogens (tertiary/aromatic N) is 1. The summed E-state index contributed by atoms with van der Waals surface area (Å²) >= 11 is 5.56. The van der Waals surface area contributed by atoms with E-state index >= 15 is 0 Å². The molecule has 18 heavy (non-hydrogen) atoms. The Hall–Kier alpha value is -0.590. The summed E-state index contributed by atoms with van der Waals surface area (Å²) < 4.78 is 25.3. The first-order valence-corrected chi connectivity index (χ1v) is 7.97. The van der Waals surface area contributed by atoms with E-state index in [2.05, 4.69) is 11.9 Å². The van der Waals surface area contributed by atoms with Gasteiger partial charge in [0.05, 0.1) is 12.3 Å². The number of carbonyl (C=O) groups excluding carboxylic acids is 1. The number of rotatable bonds is 6. The zero-order chi connectivity index (χ0) is 13.8. The maximum absolute atomic E-state index is 12.0. The molecule has 0 aliphatic carbocycles. The molecule has 0 spiro atoms. The van der Waals surface area contributed by atoms with Crippen LogP contribution in [0.5, 0.6) is 0 Å². The van der Waals surface area contributed by atoms with Crippen LogP contribution in [0.3, 0.4) is 0 Å². The fraction of sp³-hybridized carbons (Fsp3) is 0.727. The summed E-state index contributed by atoms with van der Waals surface area (Å²) in [6.07, 6.45) is 1.82. The zero-order valence-corrected chi connectivity index (χ0v) is 12.1. The van der Waals surface area contributed by atoms with Crippen LogP contribution in [0.4, 0.5) is 0 Å². The first kappa shape index (κ1) is 15.5. The highest BCUT2D eigenvalue weighted by molar-refractivity contribution is 7.89. The van der Waals surface area contributed by atoms with Crippen LogP contribution in [0.1, 0.15) is 26.2 Å². The highest BCUT2D eigenvalue weighted by Crippen LogP contribution is 2.22. The highest BCUT2D eigenvalue weighted by atomic mass is 35.5. The predicted molar refractivity (Wildman–Crippen MR) is 71.8 cm³/mol. The maximum Gasteiger partial charge on any atom is 0.238 e. The summed E-state index contributed by atoms with van der Waals surface area (Å²) in [7, 11) is -3.33. The van der Waals surface area contributed by atoms with Gasteiger partial charge in [-0.2, -0.15) is 4.31 Å². The molecule has 1 saturated heterocycles. The van der Waals surface area contributed by atoms with Crippen molar-refractivity contribution in [1.82, 2.24) is 9.62 Å².